The number of likely N-dealkylation sites (N-methyl/N-ethyl adjacent to an activating group) is 1. The third kappa shape index (κ3) is 3.35. The van der Waals surface area contributed by atoms with E-state index in [0.717, 1.165) is 5.56 Å². The zero-order valence-electron chi connectivity index (χ0n) is 11.2. The molecule has 1 nitrogen and oxygen atoms in total. The second-order valence-corrected chi connectivity index (χ2v) is 4.94. The lowest BCUT2D eigenvalue weighted by atomic mass is 9.98. The molecule has 0 radical (unpaired) electrons. The zero-order chi connectivity index (χ0) is 14.5. The fraction of sp³-hybridized carbons (Fsp3) is 0.250. The number of benzene rings is 2. The fourth-order valence-corrected chi connectivity index (χ4v) is 2.50. The van der Waals surface area contributed by atoms with E-state index in [1.54, 1.807) is 6.07 Å². The zero-order valence-corrected chi connectivity index (χ0v) is 11.9. The van der Waals surface area contributed by atoms with Crippen LogP contribution in [0.15, 0.2) is 42.5 Å². The lowest BCUT2D eigenvalue weighted by Gasteiger charge is -2.20. The Kier molecular flexibility index (Phi) is 5.10. The molecule has 4 heteroatoms. The van der Waals surface area contributed by atoms with E-state index in [1.807, 2.05) is 25.1 Å². The highest BCUT2D eigenvalue weighted by atomic mass is 35.5. The Morgan fingerprint density at radius 3 is 2.30 bits per heavy atom. The molecular weight excluding hydrogens is 280 g/mol. The average Bonchev–Trinajstić information content (AvgIpc) is 2.43. The van der Waals surface area contributed by atoms with Crippen LogP contribution in [0.1, 0.15) is 24.1 Å². The van der Waals surface area contributed by atoms with Crippen LogP contribution in [-0.2, 0) is 6.42 Å². The van der Waals surface area contributed by atoms with Gasteiger partial charge in [0.05, 0.1) is 0 Å². The standard InChI is InChI=1S/C16H16ClF2N/c1-2-20-16(11-6-3-4-7-13(11)17)10-12-14(18)8-5-9-15(12)19/h3-9,16,20H,2,10H2,1H3. The van der Waals surface area contributed by atoms with Crippen molar-refractivity contribution in [1.29, 1.82) is 0 Å². The van der Waals surface area contributed by atoms with Crippen LogP contribution in [0.5, 0.6) is 0 Å². The fourth-order valence-electron chi connectivity index (χ4n) is 2.23. The summed E-state index contributed by atoms with van der Waals surface area (Å²) in [6.07, 6.45) is 0.218. The van der Waals surface area contributed by atoms with Crippen molar-refractivity contribution in [3.8, 4) is 0 Å². The van der Waals surface area contributed by atoms with E-state index in [4.69, 9.17) is 11.6 Å². The van der Waals surface area contributed by atoms with Crippen LogP contribution in [0.2, 0.25) is 5.02 Å². The summed E-state index contributed by atoms with van der Waals surface area (Å²) < 4.78 is 27.5. The van der Waals surface area contributed by atoms with Crippen molar-refractivity contribution < 1.29 is 8.78 Å². The topological polar surface area (TPSA) is 12.0 Å². The molecular formula is C16H16ClF2N. The second kappa shape index (κ2) is 6.82. The lowest BCUT2D eigenvalue weighted by Crippen LogP contribution is -2.24. The van der Waals surface area contributed by atoms with Gasteiger partial charge in [0.2, 0.25) is 0 Å². The van der Waals surface area contributed by atoms with Crippen molar-refractivity contribution in [2.24, 2.45) is 0 Å². The quantitative estimate of drug-likeness (QED) is 0.855. The van der Waals surface area contributed by atoms with E-state index in [0.29, 0.717) is 11.6 Å². The molecule has 2 aromatic rings. The van der Waals surface area contributed by atoms with E-state index in [2.05, 4.69) is 5.32 Å². The first-order valence-electron chi connectivity index (χ1n) is 6.54. The summed E-state index contributed by atoms with van der Waals surface area (Å²) in [5.41, 5.74) is 0.928. The van der Waals surface area contributed by atoms with Gasteiger partial charge in [0.1, 0.15) is 11.6 Å². The molecule has 106 valence electrons. The Balaban J connectivity index is 2.33. The van der Waals surface area contributed by atoms with Crippen molar-refractivity contribution >= 4 is 11.6 Å². The van der Waals surface area contributed by atoms with Gasteiger partial charge in [0, 0.05) is 16.6 Å². The van der Waals surface area contributed by atoms with E-state index in [1.165, 1.54) is 18.2 Å². The molecule has 0 aliphatic heterocycles. The maximum atomic E-state index is 13.8. The van der Waals surface area contributed by atoms with Gasteiger partial charge in [0.25, 0.3) is 0 Å². The molecule has 0 saturated carbocycles. The van der Waals surface area contributed by atoms with Gasteiger partial charge in [-0.05, 0) is 36.7 Å². The highest BCUT2D eigenvalue weighted by Crippen LogP contribution is 2.27. The lowest BCUT2D eigenvalue weighted by molar-refractivity contribution is 0.499. The maximum absolute atomic E-state index is 13.8. The molecule has 0 aromatic heterocycles. The minimum absolute atomic E-state index is 0.0818. The first-order chi connectivity index (χ1) is 9.63. The Morgan fingerprint density at radius 2 is 1.70 bits per heavy atom. The third-order valence-corrected chi connectivity index (χ3v) is 3.55. The molecule has 1 unspecified atom stereocenters. The average molecular weight is 296 g/mol. The van der Waals surface area contributed by atoms with Gasteiger partial charge in [-0.25, -0.2) is 8.78 Å². The van der Waals surface area contributed by atoms with Crippen molar-refractivity contribution in [2.45, 2.75) is 19.4 Å². The van der Waals surface area contributed by atoms with Crippen LogP contribution >= 0.6 is 11.6 Å². The van der Waals surface area contributed by atoms with E-state index >= 15 is 0 Å². The largest absolute Gasteiger partial charge is 0.310 e. The highest BCUT2D eigenvalue weighted by Gasteiger charge is 2.18. The van der Waals surface area contributed by atoms with Gasteiger partial charge < -0.3 is 5.32 Å². The second-order valence-electron chi connectivity index (χ2n) is 4.54. The normalized spacial score (nSPS) is 12.4. The summed E-state index contributed by atoms with van der Waals surface area (Å²) in [6.45, 7) is 2.63. The summed E-state index contributed by atoms with van der Waals surface area (Å²) in [4.78, 5) is 0. The molecule has 0 bridgehead atoms. The van der Waals surface area contributed by atoms with Gasteiger partial charge in [-0.3, -0.25) is 0 Å². The van der Waals surface area contributed by atoms with Crippen LogP contribution < -0.4 is 5.32 Å². The van der Waals surface area contributed by atoms with Gasteiger partial charge in [-0.15, -0.1) is 0 Å². The maximum Gasteiger partial charge on any atom is 0.129 e. The molecule has 0 saturated heterocycles. The highest BCUT2D eigenvalue weighted by molar-refractivity contribution is 6.31. The van der Waals surface area contributed by atoms with Crippen molar-refractivity contribution in [1.82, 2.24) is 5.32 Å². The molecule has 1 N–H and O–H groups in total. The van der Waals surface area contributed by atoms with E-state index in [9.17, 15) is 8.78 Å². The molecule has 0 fully saturated rings. The Labute approximate surface area is 122 Å². The SMILES string of the molecule is CCNC(Cc1c(F)cccc1F)c1ccccc1Cl. The van der Waals surface area contributed by atoms with Crippen LogP contribution in [0.25, 0.3) is 0 Å². The minimum Gasteiger partial charge on any atom is -0.310 e. The van der Waals surface area contributed by atoms with Crippen molar-refractivity contribution in [3.05, 3.63) is 70.2 Å². The number of hydrogen-bond donors (Lipinski definition) is 1. The number of rotatable bonds is 5. The molecule has 2 aromatic carbocycles. The van der Waals surface area contributed by atoms with Crippen LogP contribution in [0, 0.1) is 11.6 Å². The predicted molar refractivity (Wildman–Crippen MR) is 77.9 cm³/mol. The summed E-state index contributed by atoms with van der Waals surface area (Å²) in [5.74, 6) is -1.06. The van der Waals surface area contributed by atoms with Gasteiger partial charge in [-0.2, -0.15) is 0 Å². The summed E-state index contributed by atoms with van der Waals surface area (Å²) in [5, 5.41) is 3.82. The number of hydrogen-bond acceptors (Lipinski definition) is 1. The van der Waals surface area contributed by atoms with Crippen LogP contribution in [0.4, 0.5) is 8.78 Å². The molecule has 2 rings (SSSR count). The van der Waals surface area contributed by atoms with Crippen molar-refractivity contribution in [3.63, 3.8) is 0 Å². The first-order valence-corrected chi connectivity index (χ1v) is 6.92. The number of nitrogens with one attached hydrogen (secondary N) is 1. The third-order valence-electron chi connectivity index (χ3n) is 3.20. The van der Waals surface area contributed by atoms with E-state index in [-0.39, 0.29) is 18.0 Å². The molecule has 0 aliphatic rings. The molecule has 0 aliphatic carbocycles. The molecule has 0 amide bonds. The molecule has 20 heavy (non-hydrogen) atoms. The predicted octanol–water partition coefficient (Wildman–Crippen LogP) is 4.51. The Hall–Kier alpha value is -1.45. The number of halogens is 3. The van der Waals surface area contributed by atoms with Gasteiger partial charge in [0.15, 0.2) is 0 Å². The smallest absolute Gasteiger partial charge is 0.129 e. The molecule has 1 atom stereocenters. The first kappa shape index (κ1) is 14.9. The minimum atomic E-state index is -0.528. The Morgan fingerprint density at radius 1 is 1.05 bits per heavy atom. The van der Waals surface area contributed by atoms with Gasteiger partial charge >= 0.3 is 0 Å². The molecule has 0 heterocycles. The van der Waals surface area contributed by atoms with E-state index < -0.39 is 11.6 Å². The monoisotopic (exact) mass is 295 g/mol. The summed E-state index contributed by atoms with van der Waals surface area (Å²) in [6, 6.07) is 11.0. The summed E-state index contributed by atoms with van der Waals surface area (Å²) >= 11 is 6.17. The van der Waals surface area contributed by atoms with Gasteiger partial charge in [-0.1, -0.05) is 42.8 Å². The van der Waals surface area contributed by atoms with Crippen LogP contribution in [-0.4, -0.2) is 6.54 Å². The summed E-state index contributed by atoms with van der Waals surface area (Å²) in [7, 11) is 0. The van der Waals surface area contributed by atoms with Crippen molar-refractivity contribution in [2.75, 3.05) is 6.54 Å². The molecule has 0 spiro atoms. The van der Waals surface area contributed by atoms with Crippen LogP contribution in [0.3, 0.4) is 0 Å². The Bertz CT molecular complexity index is 566.